The fraction of sp³-hybridized carbons (Fsp3) is 0.300. The zero-order valence-electron chi connectivity index (χ0n) is 15.0. The summed E-state index contributed by atoms with van der Waals surface area (Å²) in [5.74, 6) is 0.317. The first-order chi connectivity index (χ1) is 13.0. The van der Waals surface area contributed by atoms with Crippen LogP contribution in [0.2, 0.25) is 0 Å². The molecule has 0 aliphatic carbocycles. The summed E-state index contributed by atoms with van der Waals surface area (Å²) in [7, 11) is 1.59. The second-order valence-corrected chi connectivity index (χ2v) is 6.26. The van der Waals surface area contributed by atoms with E-state index in [0.29, 0.717) is 31.1 Å². The molecular weight excluding hydrogens is 351 g/mol. The molecule has 27 heavy (non-hydrogen) atoms. The molecular formula is C20H21FN2O4. The van der Waals surface area contributed by atoms with Gasteiger partial charge in [0.15, 0.2) is 0 Å². The van der Waals surface area contributed by atoms with Crippen LogP contribution in [0.25, 0.3) is 0 Å². The molecule has 142 valence electrons. The highest BCUT2D eigenvalue weighted by Gasteiger charge is 2.34. The van der Waals surface area contributed by atoms with Crippen molar-refractivity contribution in [3.8, 4) is 11.5 Å². The lowest BCUT2D eigenvalue weighted by atomic mass is 10.1. The van der Waals surface area contributed by atoms with E-state index in [-0.39, 0.29) is 24.1 Å². The van der Waals surface area contributed by atoms with E-state index in [0.717, 1.165) is 5.75 Å². The smallest absolute Gasteiger partial charge is 0.229 e. The number of anilines is 1. The Labute approximate surface area is 156 Å². The predicted molar refractivity (Wildman–Crippen MR) is 98.2 cm³/mol. The van der Waals surface area contributed by atoms with Gasteiger partial charge in [0.05, 0.1) is 19.6 Å². The summed E-state index contributed by atoms with van der Waals surface area (Å²) in [4.78, 5) is 26.1. The third-order valence-electron chi connectivity index (χ3n) is 4.39. The number of methoxy groups -OCH3 is 1. The molecule has 6 nitrogen and oxygen atoms in total. The molecule has 0 radical (unpaired) electrons. The van der Waals surface area contributed by atoms with Gasteiger partial charge in [-0.05, 0) is 48.5 Å². The van der Waals surface area contributed by atoms with E-state index in [4.69, 9.17) is 9.47 Å². The SMILES string of the molecule is COc1ccc(OCCN2CC(C(=O)Nc3ccc(F)cc3)CC2=O)cc1. The van der Waals surface area contributed by atoms with Crippen LogP contribution in [-0.2, 0) is 9.59 Å². The minimum atomic E-state index is -0.427. The van der Waals surface area contributed by atoms with Gasteiger partial charge >= 0.3 is 0 Å². The summed E-state index contributed by atoms with van der Waals surface area (Å²) in [5, 5.41) is 2.72. The average Bonchev–Trinajstić information content (AvgIpc) is 3.05. The standard InChI is InChI=1S/C20H21FN2O4/c1-26-17-6-8-18(9-7-17)27-11-10-23-13-14(12-19(23)24)20(25)22-16-4-2-15(21)3-5-16/h2-9,14H,10-13H2,1H3,(H,22,25). The van der Waals surface area contributed by atoms with Gasteiger partial charge in [0.2, 0.25) is 11.8 Å². The molecule has 2 aromatic rings. The van der Waals surface area contributed by atoms with E-state index in [1.165, 1.54) is 24.3 Å². The Morgan fingerprint density at radius 1 is 1.15 bits per heavy atom. The number of halogens is 1. The summed E-state index contributed by atoms with van der Waals surface area (Å²) in [6.07, 6.45) is 0.162. The van der Waals surface area contributed by atoms with Crippen LogP contribution < -0.4 is 14.8 Å². The summed E-state index contributed by atoms with van der Waals surface area (Å²) in [6, 6.07) is 12.7. The molecule has 0 aromatic heterocycles. The lowest BCUT2D eigenvalue weighted by molar-refractivity contribution is -0.128. The van der Waals surface area contributed by atoms with Crippen molar-refractivity contribution in [1.29, 1.82) is 0 Å². The van der Waals surface area contributed by atoms with Crippen molar-refractivity contribution >= 4 is 17.5 Å². The summed E-state index contributed by atoms with van der Waals surface area (Å²) in [5.41, 5.74) is 0.509. The summed E-state index contributed by atoms with van der Waals surface area (Å²) >= 11 is 0. The molecule has 0 bridgehead atoms. The molecule has 1 heterocycles. The first kappa shape index (κ1) is 18.7. The van der Waals surface area contributed by atoms with Crippen LogP contribution in [0.15, 0.2) is 48.5 Å². The summed E-state index contributed by atoms with van der Waals surface area (Å²) < 4.78 is 23.6. The van der Waals surface area contributed by atoms with Gasteiger partial charge in [0.25, 0.3) is 0 Å². The first-order valence-electron chi connectivity index (χ1n) is 8.66. The normalized spacial score (nSPS) is 16.3. The van der Waals surface area contributed by atoms with E-state index in [1.54, 1.807) is 36.3 Å². The fourth-order valence-corrected chi connectivity index (χ4v) is 2.89. The number of carbonyl (C=O) groups is 2. The largest absolute Gasteiger partial charge is 0.497 e. The zero-order chi connectivity index (χ0) is 19.2. The Kier molecular flexibility index (Phi) is 5.90. The Morgan fingerprint density at radius 3 is 2.48 bits per heavy atom. The minimum Gasteiger partial charge on any atom is -0.497 e. The second kappa shape index (κ2) is 8.53. The lowest BCUT2D eigenvalue weighted by Crippen LogP contribution is -2.31. The molecule has 1 saturated heterocycles. The maximum absolute atomic E-state index is 12.9. The topological polar surface area (TPSA) is 67.9 Å². The molecule has 3 rings (SSSR count). The predicted octanol–water partition coefficient (Wildman–Crippen LogP) is 2.70. The van der Waals surface area contributed by atoms with Crippen LogP contribution in [0.3, 0.4) is 0 Å². The number of rotatable bonds is 7. The molecule has 1 aliphatic rings. The van der Waals surface area contributed by atoms with E-state index in [9.17, 15) is 14.0 Å². The molecule has 1 aliphatic heterocycles. The van der Waals surface area contributed by atoms with Crippen molar-refractivity contribution in [2.45, 2.75) is 6.42 Å². The van der Waals surface area contributed by atoms with Crippen molar-refractivity contribution in [3.63, 3.8) is 0 Å². The molecule has 1 unspecified atom stereocenters. The third-order valence-corrected chi connectivity index (χ3v) is 4.39. The molecule has 0 saturated carbocycles. The molecule has 1 atom stereocenters. The number of hydrogen-bond acceptors (Lipinski definition) is 4. The highest BCUT2D eigenvalue weighted by molar-refractivity contribution is 5.97. The van der Waals surface area contributed by atoms with Crippen molar-refractivity contribution in [2.75, 3.05) is 32.1 Å². The molecule has 7 heteroatoms. The molecule has 0 spiro atoms. The van der Waals surface area contributed by atoms with E-state index >= 15 is 0 Å². The van der Waals surface area contributed by atoms with Crippen LogP contribution in [-0.4, -0.2) is 43.5 Å². The Bertz CT molecular complexity index is 793. The molecule has 1 N–H and O–H groups in total. The van der Waals surface area contributed by atoms with Gasteiger partial charge in [-0.2, -0.15) is 0 Å². The van der Waals surface area contributed by atoms with Crippen molar-refractivity contribution in [2.24, 2.45) is 5.92 Å². The summed E-state index contributed by atoms with van der Waals surface area (Å²) in [6.45, 7) is 1.09. The van der Waals surface area contributed by atoms with E-state index in [1.807, 2.05) is 0 Å². The lowest BCUT2D eigenvalue weighted by Gasteiger charge is -2.17. The minimum absolute atomic E-state index is 0.0763. The second-order valence-electron chi connectivity index (χ2n) is 6.26. The zero-order valence-corrected chi connectivity index (χ0v) is 15.0. The number of hydrogen-bond donors (Lipinski definition) is 1. The Morgan fingerprint density at radius 2 is 1.81 bits per heavy atom. The highest BCUT2D eigenvalue weighted by Crippen LogP contribution is 2.21. The number of nitrogens with one attached hydrogen (secondary N) is 1. The van der Waals surface area contributed by atoms with Crippen molar-refractivity contribution < 1.29 is 23.5 Å². The van der Waals surface area contributed by atoms with Crippen LogP contribution in [0, 0.1) is 11.7 Å². The molecule has 2 aromatic carbocycles. The van der Waals surface area contributed by atoms with Crippen LogP contribution in [0.5, 0.6) is 11.5 Å². The number of carbonyl (C=O) groups excluding carboxylic acids is 2. The number of likely N-dealkylation sites (tertiary alicyclic amines) is 1. The van der Waals surface area contributed by atoms with Gasteiger partial charge in [0, 0.05) is 18.7 Å². The van der Waals surface area contributed by atoms with Gasteiger partial charge in [-0.15, -0.1) is 0 Å². The van der Waals surface area contributed by atoms with E-state index < -0.39 is 5.92 Å². The molecule has 1 fully saturated rings. The van der Waals surface area contributed by atoms with Gasteiger partial charge in [0.1, 0.15) is 23.9 Å². The van der Waals surface area contributed by atoms with Gasteiger partial charge in [-0.1, -0.05) is 0 Å². The number of nitrogens with zero attached hydrogens (tertiary/aromatic N) is 1. The van der Waals surface area contributed by atoms with Crippen LogP contribution in [0.4, 0.5) is 10.1 Å². The third kappa shape index (κ3) is 4.97. The van der Waals surface area contributed by atoms with E-state index in [2.05, 4.69) is 5.32 Å². The molecule has 2 amide bonds. The highest BCUT2D eigenvalue weighted by atomic mass is 19.1. The van der Waals surface area contributed by atoms with Gasteiger partial charge in [-0.25, -0.2) is 4.39 Å². The fourth-order valence-electron chi connectivity index (χ4n) is 2.89. The van der Waals surface area contributed by atoms with Crippen molar-refractivity contribution in [3.05, 3.63) is 54.3 Å². The van der Waals surface area contributed by atoms with Crippen LogP contribution in [0.1, 0.15) is 6.42 Å². The Hall–Kier alpha value is -3.09. The maximum Gasteiger partial charge on any atom is 0.229 e. The Balaban J connectivity index is 1.46. The maximum atomic E-state index is 12.9. The quantitative estimate of drug-likeness (QED) is 0.812. The monoisotopic (exact) mass is 372 g/mol. The van der Waals surface area contributed by atoms with Crippen molar-refractivity contribution in [1.82, 2.24) is 4.90 Å². The average molecular weight is 372 g/mol. The first-order valence-corrected chi connectivity index (χ1v) is 8.66. The van der Waals surface area contributed by atoms with Gasteiger partial charge in [-0.3, -0.25) is 9.59 Å². The van der Waals surface area contributed by atoms with Gasteiger partial charge < -0.3 is 19.7 Å². The number of benzene rings is 2. The number of ether oxygens (including phenoxy) is 2. The van der Waals surface area contributed by atoms with Crippen LogP contribution >= 0.6 is 0 Å². The number of amides is 2.